The summed E-state index contributed by atoms with van der Waals surface area (Å²) in [7, 11) is -3.33. The molecule has 0 fully saturated rings. The first-order chi connectivity index (χ1) is 9.97. The van der Waals surface area contributed by atoms with Crippen molar-refractivity contribution in [1.82, 2.24) is 0 Å². The van der Waals surface area contributed by atoms with Crippen LogP contribution >= 0.6 is 0 Å². The summed E-state index contributed by atoms with van der Waals surface area (Å²) >= 11 is 0. The summed E-state index contributed by atoms with van der Waals surface area (Å²) in [5, 5.41) is -0.467. The SMILES string of the molecule is CC(C)S(=O)(=O)Nc1ccc2c(c1)COc1ccccc1-2. The standard InChI is InChI=1S/C16H17NO3S/c1-11(2)21(18,19)17-13-7-8-14-12(9-13)10-20-16-6-4-3-5-15(14)16/h3-9,11,17H,10H2,1-2H3. The van der Waals surface area contributed by atoms with Gasteiger partial charge in [0.2, 0.25) is 10.0 Å². The Kier molecular flexibility index (Phi) is 3.37. The number of rotatable bonds is 3. The predicted octanol–water partition coefficient (Wildman–Crippen LogP) is 3.40. The molecule has 0 unspecified atom stereocenters. The Labute approximate surface area is 124 Å². The van der Waals surface area contributed by atoms with Crippen LogP contribution in [0.15, 0.2) is 42.5 Å². The maximum Gasteiger partial charge on any atom is 0.235 e. The first-order valence-electron chi connectivity index (χ1n) is 6.84. The van der Waals surface area contributed by atoms with Gasteiger partial charge in [-0.25, -0.2) is 8.42 Å². The van der Waals surface area contributed by atoms with E-state index in [4.69, 9.17) is 4.74 Å². The van der Waals surface area contributed by atoms with Crippen molar-refractivity contribution >= 4 is 15.7 Å². The molecule has 1 heterocycles. The third-order valence-corrected chi connectivity index (χ3v) is 5.31. The first kappa shape index (κ1) is 13.9. The van der Waals surface area contributed by atoms with Gasteiger partial charge >= 0.3 is 0 Å². The summed E-state index contributed by atoms with van der Waals surface area (Å²) in [6.45, 7) is 3.75. The van der Waals surface area contributed by atoms with Crippen LogP contribution in [0.4, 0.5) is 5.69 Å². The van der Waals surface area contributed by atoms with Crippen LogP contribution in [0.5, 0.6) is 5.75 Å². The topological polar surface area (TPSA) is 55.4 Å². The summed E-state index contributed by atoms with van der Waals surface area (Å²) < 4.78 is 32.2. The number of benzene rings is 2. The van der Waals surface area contributed by atoms with Gasteiger partial charge in [-0.1, -0.05) is 24.3 Å². The number of sulfonamides is 1. The maximum atomic E-state index is 11.9. The first-order valence-corrected chi connectivity index (χ1v) is 8.39. The zero-order chi connectivity index (χ0) is 15.0. The molecule has 3 rings (SSSR count). The number of nitrogens with one attached hydrogen (secondary N) is 1. The zero-order valence-electron chi connectivity index (χ0n) is 12.0. The van der Waals surface area contributed by atoms with Crippen LogP contribution in [-0.4, -0.2) is 13.7 Å². The molecule has 0 aliphatic carbocycles. The minimum atomic E-state index is -3.33. The Morgan fingerprint density at radius 3 is 2.62 bits per heavy atom. The van der Waals surface area contributed by atoms with E-state index in [0.717, 1.165) is 22.4 Å². The Bertz CT molecular complexity index is 782. The molecule has 0 radical (unpaired) electrons. The van der Waals surface area contributed by atoms with Crippen molar-refractivity contribution in [3.8, 4) is 16.9 Å². The minimum absolute atomic E-state index is 0.448. The Morgan fingerprint density at radius 1 is 1.10 bits per heavy atom. The van der Waals surface area contributed by atoms with Gasteiger partial charge in [-0.15, -0.1) is 0 Å². The van der Waals surface area contributed by atoms with E-state index >= 15 is 0 Å². The highest BCUT2D eigenvalue weighted by Gasteiger charge is 2.19. The monoisotopic (exact) mass is 303 g/mol. The van der Waals surface area contributed by atoms with Crippen LogP contribution in [-0.2, 0) is 16.6 Å². The Balaban J connectivity index is 1.98. The van der Waals surface area contributed by atoms with Crippen molar-refractivity contribution < 1.29 is 13.2 Å². The van der Waals surface area contributed by atoms with E-state index < -0.39 is 15.3 Å². The van der Waals surface area contributed by atoms with Crippen molar-refractivity contribution in [3.05, 3.63) is 48.0 Å². The number of ether oxygens (including phenoxy) is 1. The normalized spacial score (nSPS) is 13.3. The largest absolute Gasteiger partial charge is 0.488 e. The molecule has 0 atom stereocenters. The lowest BCUT2D eigenvalue weighted by Gasteiger charge is -2.21. The third-order valence-electron chi connectivity index (χ3n) is 3.55. The molecule has 1 aliphatic heterocycles. The van der Waals surface area contributed by atoms with Crippen LogP contribution in [0, 0.1) is 0 Å². The van der Waals surface area contributed by atoms with Crippen LogP contribution in [0.25, 0.3) is 11.1 Å². The van der Waals surface area contributed by atoms with Crippen molar-refractivity contribution in [2.24, 2.45) is 0 Å². The lowest BCUT2D eigenvalue weighted by atomic mass is 9.97. The van der Waals surface area contributed by atoms with Gasteiger partial charge in [0, 0.05) is 11.3 Å². The number of fused-ring (bicyclic) bond motifs is 3. The Morgan fingerprint density at radius 2 is 1.86 bits per heavy atom. The lowest BCUT2D eigenvalue weighted by molar-refractivity contribution is 0.302. The van der Waals surface area contributed by atoms with E-state index in [-0.39, 0.29) is 0 Å². The molecular formula is C16H17NO3S. The predicted molar refractivity (Wildman–Crippen MR) is 83.9 cm³/mol. The average Bonchev–Trinajstić information content (AvgIpc) is 2.46. The molecule has 1 N–H and O–H groups in total. The number of hydrogen-bond donors (Lipinski definition) is 1. The molecule has 1 aliphatic rings. The molecule has 0 aromatic heterocycles. The van der Waals surface area contributed by atoms with E-state index in [9.17, 15) is 8.42 Å². The quantitative estimate of drug-likeness (QED) is 0.945. The van der Waals surface area contributed by atoms with Crippen molar-refractivity contribution in [2.75, 3.05) is 4.72 Å². The highest BCUT2D eigenvalue weighted by Crippen LogP contribution is 2.38. The van der Waals surface area contributed by atoms with Crippen LogP contribution < -0.4 is 9.46 Å². The van der Waals surface area contributed by atoms with E-state index in [1.54, 1.807) is 19.9 Å². The molecule has 2 aromatic carbocycles. The van der Waals surface area contributed by atoms with Crippen molar-refractivity contribution in [1.29, 1.82) is 0 Å². The Hall–Kier alpha value is -2.01. The number of para-hydroxylation sites is 1. The van der Waals surface area contributed by atoms with E-state index in [1.165, 1.54) is 0 Å². The van der Waals surface area contributed by atoms with Crippen LogP contribution in [0.3, 0.4) is 0 Å². The van der Waals surface area contributed by atoms with Gasteiger partial charge in [0.1, 0.15) is 12.4 Å². The van der Waals surface area contributed by atoms with Gasteiger partial charge in [0.15, 0.2) is 0 Å². The van der Waals surface area contributed by atoms with Crippen LogP contribution in [0.2, 0.25) is 0 Å². The molecular weight excluding hydrogens is 286 g/mol. The maximum absolute atomic E-state index is 11.9. The van der Waals surface area contributed by atoms with Gasteiger partial charge in [0.25, 0.3) is 0 Å². The highest BCUT2D eigenvalue weighted by atomic mass is 32.2. The van der Waals surface area contributed by atoms with Crippen molar-refractivity contribution in [2.45, 2.75) is 25.7 Å². The zero-order valence-corrected chi connectivity index (χ0v) is 12.8. The van der Waals surface area contributed by atoms with Crippen LogP contribution in [0.1, 0.15) is 19.4 Å². The summed E-state index contributed by atoms with van der Waals surface area (Å²) in [5.74, 6) is 0.862. The molecule has 0 spiro atoms. The smallest absolute Gasteiger partial charge is 0.235 e. The number of hydrogen-bond acceptors (Lipinski definition) is 3. The van der Waals surface area contributed by atoms with E-state index in [2.05, 4.69) is 4.72 Å². The molecule has 0 saturated heterocycles. The van der Waals surface area contributed by atoms with E-state index in [1.807, 2.05) is 36.4 Å². The second-order valence-electron chi connectivity index (χ2n) is 5.35. The second-order valence-corrected chi connectivity index (χ2v) is 7.59. The molecule has 110 valence electrons. The van der Waals surface area contributed by atoms with E-state index in [0.29, 0.717) is 12.3 Å². The molecule has 0 bridgehead atoms. The fraction of sp³-hybridized carbons (Fsp3) is 0.250. The minimum Gasteiger partial charge on any atom is -0.488 e. The summed E-state index contributed by atoms with van der Waals surface area (Å²) in [6, 6.07) is 13.4. The third kappa shape index (κ3) is 2.61. The highest BCUT2D eigenvalue weighted by molar-refractivity contribution is 7.93. The fourth-order valence-corrected chi connectivity index (χ4v) is 2.98. The molecule has 21 heavy (non-hydrogen) atoms. The molecule has 0 amide bonds. The molecule has 0 saturated carbocycles. The molecule has 2 aromatic rings. The molecule has 4 nitrogen and oxygen atoms in total. The van der Waals surface area contributed by atoms with Gasteiger partial charge in [0.05, 0.1) is 5.25 Å². The summed E-state index contributed by atoms with van der Waals surface area (Å²) in [5.41, 5.74) is 3.68. The van der Waals surface area contributed by atoms with Gasteiger partial charge in [-0.2, -0.15) is 0 Å². The van der Waals surface area contributed by atoms with Gasteiger partial charge in [-0.05, 0) is 43.2 Å². The summed E-state index contributed by atoms with van der Waals surface area (Å²) in [6.07, 6.45) is 0. The lowest BCUT2D eigenvalue weighted by Crippen LogP contribution is -2.22. The second kappa shape index (κ2) is 5.07. The molecule has 5 heteroatoms. The summed E-state index contributed by atoms with van der Waals surface area (Å²) in [4.78, 5) is 0. The average molecular weight is 303 g/mol. The van der Waals surface area contributed by atoms with Gasteiger partial charge < -0.3 is 4.74 Å². The van der Waals surface area contributed by atoms with Crippen molar-refractivity contribution in [3.63, 3.8) is 0 Å². The number of anilines is 1. The van der Waals surface area contributed by atoms with Gasteiger partial charge in [-0.3, -0.25) is 4.72 Å². The fourth-order valence-electron chi connectivity index (χ4n) is 2.29.